The van der Waals surface area contributed by atoms with E-state index in [9.17, 15) is 0 Å². The molecule has 1 saturated heterocycles. The zero-order valence-electron chi connectivity index (χ0n) is 16.9. The molecule has 1 aliphatic heterocycles. The zero-order valence-corrected chi connectivity index (χ0v) is 16.9. The topological polar surface area (TPSA) is 78.0 Å². The van der Waals surface area contributed by atoms with Gasteiger partial charge in [-0.3, -0.25) is 9.88 Å². The van der Waals surface area contributed by atoms with Crippen LogP contribution in [0.4, 0.5) is 0 Å². The maximum absolute atomic E-state index is 8.74. The number of para-hydroxylation sites is 1. The van der Waals surface area contributed by atoms with Crippen molar-refractivity contribution in [1.29, 1.82) is 0 Å². The highest BCUT2D eigenvalue weighted by Gasteiger charge is 2.25. The van der Waals surface area contributed by atoms with Crippen LogP contribution in [0.2, 0.25) is 0 Å². The van der Waals surface area contributed by atoms with Crippen LogP contribution in [0.15, 0.2) is 70.5 Å². The molecule has 0 saturated carbocycles. The standard InChI is InChI=1S/C24H23N5O/c1-16-14-29(9-8-22(16)27-28-25)15-17-6-7-19-12-26-13-21(20(19)10-17)24-11-18-4-2-3-5-23(18)30-24/h2-7,10-13,16,22H,8-9,14-15H2,1H3/t16-,22-/m1/s1. The molecule has 3 heterocycles. The van der Waals surface area contributed by atoms with E-state index in [2.05, 4.69) is 57.2 Å². The SMILES string of the molecule is C[C@@H]1CN(Cc2ccc3cncc(-c4cc5ccccc5o4)c3c2)CC[C@H]1N=[N+]=[N-]. The molecule has 2 aromatic carbocycles. The van der Waals surface area contributed by atoms with Crippen molar-refractivity contribution in [2.75, 3.05) is 13.1 Å². The van der Waals surface area contributed by atoms with Crippen LogP contribution in [-0.4, -0.2) is 29.0 Å². The fourth-order valence-electron chi connectivity index (χ4n) is 4.48. The third kappa shape index (κ3) is 3.52. The predicted octanol–water partition coefficient (Wildman–Crippen LogP) is 6.17. The van der Waals surface area contributed by atoms with Gasteiger partial charge in [0.2, 0.25) is 0 Å². The summed E-state index contributed by atoms with van der Waals surface area (Å²) >= 11 is 0. The summed E-state index contributed by atoms with van der Waals surface area (Å²) in [6.45, 7) is 4.93. The fraction of sp³-hybridized carbons (Fsp3) is 0.292. The number of benzene rings is 2. The summed E-state index contributed by atoms with van der Waals surface area (Å²) in [6.07, 6.45) is 4.70. The smallest absolute Gasteiger partial charge is 0.137 e. The highest BCUT2D eigenvalue weighted by molar-refractivity contribution is 5.97. The minimum absolute atomic E-state index is 0.105. The lowest BCUT2D eigenvalue weighted by Crippen LogP contribution is -2.40. The number of likely N-dealkylation sites (tertiary alicyclic amines) is 1. The molecule has 4 aromatic rings. The van der Waals surface area contributed by atoms with Crippen LogP contribution in [0.25, 0.3) is 43.5 Å². The van der Waals surface area contributed by atoms with Crippen molar-refractivity contribution < 1.29 is 4.42 Å². The number of rotatable bonds is 4. The van der Waals surface area contributed by atoms with E-state index in [-0.39, 0.29) is 6.04 Å². The minimum Gasteiger partial charge on any atom is -0.456 e. The largest absolute Gasteiger partial charge is 0.456 e. The van der Waals surface area contributed by atoms with Crippen molar-refractivity contribution in [3.63, 3.8) is 0 Å². The highest BCUT2D eigenvalue weighted by Crippen LogP contribution is 2.33. The molecule has 0 bridgehead atoms. The van der Waals surface area contributed by atoms with Crippen LogP contribution < -0.4 is 0 Å². The first-order chi connectivity index (χ1) is 14.7. The number of piperidine rings is 1. The molecule has 1 fully saturated rings. The summed E-state index contributed by atoms with van der Waals surface area (Å²) in [5.41, 5.74) is 11.9. The number of hydrogen-bond donors (Lipinski definition) is 0. The van der Waals surface area contributed by atoms with Crippen LogP contribution in [0.5, 0.6) is 0 Å². The summed E-state index contributed by atoms with van der Waals surface area (Å²) in [5, 5.41) is 7.30. The average molecular weight is 397 g/mol. The van der Waals surface area contributed by atoms with E-state index in [0.717, 1.165) is 59.1 Å². The summed E-state index contributed by atoms with van der Waals surface area (Å²) in [4.78, 5) is 9.87. The Bertz CT molecular complexity index is 1220. The Kier molecular flexibility index (Phi) is 4.87. The third-order valence-electron chi connectivity index (χ3n) is 6.07. The Labute approximate surface area is 174 Å². The lowest BCUT2D eigenvalue weighted by molar-refractivity contribution is 0.158. The first kappa shape index (κ1) is 18.7. The normalized spacial score (nSPS) is 19.8. The van der Waals surface area contributed by atoms with Crippen molar-refractivity contribution in [3.05, 3.63) is 76.9 Å². The number of nitrogens with zero attached hydrogens (tertiary/aromatic N) is 5. The second-order valence-corrected chi connectivity index (χ2v) is 8.16. The van der Waals surface area contributed by atoms with Crippen LogP contribution >= 0.6 is 0 Å². The molecular formula is C24H23N5O. The van der Waals surface area contributed by atoms with Gasteiger partial charge in [0, 0.05) is 52.8 Å². The monoisotopic (exact) mass is 397 g/mol. The number of pyridine rings is 1. The van der Waals surface area contributed by atoms with Crippen molar-refractivity contribution in [2.45, 2.75) is 25.9 Å². The fourth-order valence-corrected chi connectivity index (χ4v) is 4.48. The zero-order chi connectivity index (χ0) is 20.5. The molecule has 0 aliphatic carbocycles. The van der Waals surface area contributed by atoms with E-state index in [1.54, 1.807) is 0 Å². The van der Waals surface area contributed by atoms with Gasteiger partial charge in [0.15, 0.2) is 0 Å². The van der Waals surface area contributed by atoms with Crippen molar-refractivity contribution >= 4 is 21.7 Å². The van der Waals surface area contributed by atoms with E-state index in [0.29, 0.717) is 5.92 Å². The summed E-state index contributed by atoms with van der Waals surface area (Å²) < 4.78 is 6.11. The maximum Gasteiger partial charge on any atom is 0.137 e. The van der Waals surface area contributed by atoms with Crippen LogP contribution in [0.3, 0.4) is 0 Å². The average Bonchev–Trinajstić information content (AvgIpc) is 3.19. The Hall–Kier alpha value is -3.34. The van der Waals surface area contributed by atoms with Gasteiger partial charge in [-0.05, 0) is 53.6 Å². The Balaban J connectivity index is 1.45. The first-order valence-corrected chi connectivity index (χ1v) is 10.3. The molecule has 2 atom stereocenters. The number of fused-ring (bicyclic) bond motifs is 2. The van der Waals surface area contributed by atoms with E-state index in [1.807, 2.05) is 30.6 Å². The lowest BCUT2D eigenvalue weighted by Gasteiger charge is -2.34. The number of aromatic nitrogens is 1. The molecule has 0 radical (unpaired) electrons. The molecule has 5 rings (SSSR count). The van der Waals surface area contributed by atoms with Crippen LogP contribution in [-0.2, 0) is 6.54 Å². The van der Waals surface area contributed by atoms with Gasteiger partial charge in [-0.1, -0.05) is 42.4 Å². The number of azide groups is 1. The lowest BCUT2D eigenvalue weighted by atomic mass is 9.94. The second-order valence-electron chi connectivity index (χ2n) is 8.16. The van der Waals surface area contributed by atoms with Gasteiger partial charge in [0.05, 0.1) is 0 Å². The van der Waals surface area contributed by atoms with Gasteiger partial charge in [-0.15, -0.1) is 0 Å². The van der Waals surface area contributed by atoms with E-state index in [1.165, 1.54) is 5.56 Å². The highest BCUT2D eigenvalue weighted by atomic mass is 16.3. The molecule has 2 aromatic heterocycles. The Morgan fingerprint density at radius 1 is 1.17 bits per heavy atom. The molecule has 0 spiro atoms. The molecule has 6 heteroatoms. The van der Waals surface area contributed by atoms with E-state index >= 15 is 0 Å². The van der Waals surface area contributed by atoms with Gasteiger partial charge in [-0.25, -0.2) is 0 Å². The molecule has 0 N–H and O–H groups in total. The molecule has 30 heavy (non-hydrogen) atoms. The third-order valence-corrected chi connectivity index (χ3v) is 6.07. The van der Waals surface area contributed by atoms with Gasteiger partial charge < -0.3 is 4.42 Å². The number of hydrogen-bond acceptors (Lipinski definition) is 4. The summed E-state index contributed by atoms with van der Waals surface area (Å²) in [5.74, 6) is 1.21. The van der Waals surface area contributed by atoms with E-state index in [4.69, 9.17) is 9.95 Å². The van der Waals surface area contributed by atoms with Crippen molar-refractivity contribution in [1.82, 2.24) is 9.88 Å². The van der Waals surface area contributed by atoms with Crippen molar-refractivity contribution in [3.8, 4) is 11.3 Å². The van der Waals surface area contributed by atoms with Crippen LogP contribution in [0.1, 0.15) is 18.9 Å². The maximum atomic E-state index is 8.74. The van der Waals surface area contributed by atoms with Crippen molar-refractivity contribution in [2.24, 2.45) is 11.0 Å². The molecular weight excluding hydrogens is 374 g/mol. The van der Waals surface area contributed by atoms with Gasteiger partial charge >= 0.3 is 0 Å². The summed E-state index contributed by atoms with van der Waals surface area (Å²) in [7, 11) is 0. The van der Waals surface area contributed by atoms with Gasteiger partial charge in [0.1, 0.15) is 11.3 Å². The Morgan fingerprint density at radius 2 is 2.07 bits per heavy atom. The van der Waals surface area contributed by atoms with Crippen LogP contribution in [0, 0.1) is 5.92 Å². The van der Waals surface area contributed by atoms with Gasteiger partial charge in [-0.2, -0.15) is 0 Å². The quantitative estimate of drug-likeness (QED) is 0.235. The Morgan fingerprint density at radius 3 is 2.90 bits per heavy atom. The number of furan rings is 1. The van der Waals surface area contributed by atoms with Gasteiger partial charge in [0.25, 0.3) is 0 Å². The molecule has 0 unspecified atom stereocenters. The molecule has 150 valence electrons. The summed E-state index contributed by atoms with van der Waals surface area (Å²) in [6, 6.07) is 16.8. The molecule has 1 aliphatic rings. The minimum atomic E-state index is 0.105. The van der Waals surface area contributed by atoms with E-state index < -0.39 is 0 Å². The predicted molar refractivity (Wildman–Crippen MR) is 119 cm³/mol. The molecule has 6 nitrogen and oxygen atoms in total. The molecule has 0 amide bonds. The first-order valence-electron chi connectivity index (χ1n) is 10.3. The second kappa shape index (κ2) is 7.82.